The zero-order chi connectivity index (χ0) is 24.8. The van der Waals surface area contributed by atoms with Crippen LogP contribution in [0.5, 0.6) is 0 Å². The molecule has 3 aromatic rings. The van der Waals surface area contributed by atoms with Gasteiger partial charge in [0.15, 0.2) is 0 Å². The molecule has 0 bridgehead atoms. The van der Waals surface area contributed by atoms with Crippen LogP contribution in [0.3, 0.4) is 0 Å². The molecule has 0 radical (unpaired) electrons. The molecule has 0 saturated heterocycles. The molecule has 1 aliphatic rings. The summed E-state index contributed by atoms with van der Waals surface area (Å²) in [6, 6.07) is 20.7. The van der Waals surface area contributed by atoms with Gasteiger partial charge in [0.25, 0.3) is 5.91 Å². The molecule has 3 N–H and O–H groups in total. The van der Waals surface area contributed by atoms with E-state index in [2.05, 4.69) is 27.8 Å². The van der Waals surface area contributed by atoms with Gasteiger partial charge in [-0.3, -0.25) is 14.9 Å². The Morgan fingerprint density at radius 2 is 1.63 bits per heavy atom. The number of anilines is 1. The van der Waals surface area contributed by atoms with Crippen molar-refractivity contribution < 1.29 is 29.0 Å². The molecule has 9 heteroatoms. The van der Waals surface area contributed by atoms with E-state index in [9.17, 15) is 14.4 Å². The van der Waals surface area contributed by atoms with E-state index in [0.29, 0.717) is 0 Å². The van der Waals surface area contributed by atoms with E-state index in [1.165, 1.54) is 13.2 Å². The van der Waals surface area contributed by atoms with Gasteiger partial charge in [-0.1, -0.05) is 54.6 Å². The molecule has 35 heavy (non-hydrogen) atoms. The number of ether oxygens (including phenoxy) is 2. The van der Waals surface area contributed by atoms with Crippen molar-refractivity contribution in [1.82, 2.24) is 10.3 Å². The molecule has 4 rings (SSSR count). The van der Waals surface area contributed by atoms with Gasteiger partial charge < -0.3 is 19.9 Å². The van der Waals surface area contributed by atoms with Crippen LogP contribution in [0.4, 0.5) is 10.6 Å². The van der Waals surface area contributed by atoms with Gasteiger partial charge in [-0.2, -0.15) is 0 Å². The number of carbonyl (C=O) groups is 3. The van der Waals surface area contributed by atoms with Gasteiger partial charge in [-0.15, -0.1) is 0 Å². The van der Waals surface area contributed by atoms with Gasteiger partial charge in [0.2, 0.25) is 0 Å². The fourth-order valence-corrected chi connectivity index (χ4v) is 4.10. The molecule has 2 amide bonds. The number of carbonyl (C=O) groups excluding carboxylic acids is 2. The Kier molecular flexibility index (Phi) is 7.37. The minimum absolute atomic E-state index is 0.00729. The summed E-state index contributed by atoms with van der Waals surface area (Å²) in [6.07, 6.45) is -1.59. The molecule has 1 atom stereocenters. The number of methoxy groups -OCH3 is 1. The van der Waals surface area contributed by atoms with Crippen molar-refractivity contribution >= 4 is 23.8 Å². The van der Waals surface area contributed by atoms with Crippen molar-refractivity contribution in [2.45, 2.75) is 18.4 Å². The quantitative estimate of drug-likeness (QED) is 0.431. The van der Waals surface area contributed by atoms with Crippen LogP contribution < -0.4 is 10.6 Å². The van der Waals surface area contributed by atoms with Crippen LogP contribution in [-0.2, 0) is 14.3 Å². The van der Waals surface area contributed by atoms with Gasteiger partial charge >= 0.3 is 12.1 Å². The third-order valence-corrected chi connectivity index (χ3v) is 5.78. The molecule has 2 aromatic carbocycles. The Labute approximate surface area is 202 Å². The Balaban J connectivity index is 1.35. The molecule has 9 nitrogen and oxygen atoms in total. The molecule has 1 heterocycles. The monoisotopic (exact) mass is 475 g/mol. The van der Waals surface area contributed by atoms with Crippen molar-refractivity contribution in [2.24, 2.45) is 0 Å². The summed E-state index contributed by atoms with van der Waals surface area (Å²) in [7, 11) is 1.37. The zero-order valence-corrected chi connectivity index (χ0v) is 19.1. The van der Waals surface area contributed by atoms with Crippen LogP contribution in [0.15, 0.2) is 66.7 Å². The number of hydrogen-bond acceptors (Lipinski definition) is 6. The first-order chi connectivity index (χ1) is 17.0. The second-order valence-corrected chi connectivity index (χ2v) is 8.02. The highest BCUT2D eigenvalue weighted by molar-refractivity contribution is 5.93. The first-order valence-electron chi connectivity index (χ1n) is 11.1. The number of amides is 2. The number of hydrogen-bond donors (Lipinski definition) is 3. The summed E-state index contributed by atoms with van der Waals surface area (Å²) in [5, 5.41) is 14.0. The van der Waals surface area contributed by atoms with E-state index >= 15 is 0 Å². The van der Waals surface area contributed by atoms with E-state index in [1.54, 1.807) is 12.1 Å². The van der Waals surface area contributed by atoms with Gasteiger partial charge in [0.05, 0.1) is 12.5 Å². The Morgan fingerprint density at radius 1 is 0.971 bits per heavy atom. The summed E-state index contributed by atoms with van der Waals surface area (Å²) in [4.78, 5) is 39.9. The lowest BCUT2D eigenvalue weighted by molar-refractivity contribution is -0.139. The van der Waals surface area contributed by atoms with E-state index in [0.717, 1.165) is 22.3 Å². The van der Waals surface area contributed by atoms with Crippen molar-refractivity contribution in [3.05, 3.63) is 83.6 Å². The number of aliphatic carboxylic acids is 1. The molecule has 0 aliphatic heterocycles. The minimum atomic E-state index is -1.03. The smallest absolute Gasteiger partial charge is 0.412 e. The number of rotatable bonds is 9. The summed E-state index contributed by atoms with van der Waals surface area (Å²) in [6.45, 7) is 0.162. The van der Waals surface area contributed by atoms with Crippen molar-refractivity contribution in [2.75, 3.05) is 25.6 Å². The normalized spacial score (nSPS) is 12.8. The lowest BCUT2D eigenvalue weighted by atomic mass is 9.98. The average molecular weight is 476 g/mol. The van der Waals surface area contributed by atoms with Gasteiger partial charge in [-0.05, 0) is 34.4 Å². The Morgan fingerprint density at radius 3 is 2.26 bits per heavy atom. The first kappa shape index (κ1) is 23.9. The summed E-state index contributed by atoms with van der Waals surface area (Å²) in [5.74, 6) is -1.46. The highest BCUT2D eigenvalue weighted by Crippen LogP contribution is 2.44. The first-order valence-corrected chi connectivity index (χ1v) is 11.1. The summed E-state index contributed by atoms with van der Waals surface area (Å²) < 4.78 is 10.6. The molecular weight excluding hydrogens is 450 g/mol. The maximum Gasteiger partial charge on any atom is 0.412 e. The number of nitrogens with zero attached hydrogens (tertiary/aromatic N) is 1. The zero-order valence-electron chi connectivity index (χ0n) is 19.1. The van der Waals surface area contributed by atoms with Crippen LogP contribution in [0.1, 0.15) is 34.0 Å². The predicted octanol–water partition coefficient (Wildman–Crippen LogP) is 3.66. The standard InChI is InChI=1S/C26H25N3O6/c1-34-16(13-24(30)31)14-27-25(32)22-11-6-12-23(28-22)29-26(33)35-15-21-19-9-4-2-7-17(19)18-8-3-5-10-20(18)21/h2-12,16,21H,13-15H2,1H3,(H,27,32)(H,30,31)(H,28,29,33). The molecule has 180 valence electrons. The average Bonchev–Trinajstić information content (AvgIpc) is 3.18. The molecule has 1 aromatic heterocycles. The molecule has 0 fully saturated rings. The highest BCUT2D eigenvalue weighted by Gasteiger charge is 2.29. The lowest BCUT2D eigenvalue weighted by Gasteiger charge is -2.15. The maximum absolute atomic E-state index is 12.5. The van der Waals surface area contributed by atoms with Crippen LogP contribution in [0.2, 0.25) is 0 Å². The number of benzene rings is 2. The maximum atomic E-state index is 12.5. The van der Waals surface area contributed by atoms with Crippen LogP contribution in [0, 0.1) is 0 Å². The van der Waals surface area contributed by atoms with Crippen molar-refractivity contribution in [3.63, 3.8) is 0 Å². The predicted molar refractivity (Wildman–Crippen MR) is 128 cm³/mol. The number of aromatic nitrogens is 1. The molecular formula is C26H25N3O6. The number of pyridine rings is 1. The largest absolute Gasteiger partial charge is 0.481 e. The van der Waals surface area contributed by atoms with Crippen LogP contribution >= 0.6 is 0 Å². The van der Waals surface area contributed by atoms with Gasteiger partial charge in [0, 0.05) is 19.6 Å². The minimum Gasteiger partial charge on any atom is -0.481 e. The Bertz CT molecular complexity index is 1200. The van der Waals surface area contributed by atoms with Crippen molar-refractivity contribution in [1.29, 1.82) is 0 Å². The van der Waals surface area contributed by atoms with Gasteiger partial charge in [-0.25, -0.2) is 9.78 Å². The summed E-state index contributed by atoms with van der Waals surface area (Å²) in [5.41, 5.74) is 4.55. The molecule has 1 unspecified atom stereocenters. The van der Waals surface area contributed by atoms with E-state index in [1.807, 2.05) is 36.4 Å². The Hall–Kier alpha value is -4.24. The second-order valence-electron chi connectivity index (χ2n) is 8.02. The number of nitrogens with one attached hydrogen (secondary N) is 2. The third-order valence-electron chi connectivity index (χ3n) is 5.78. The third kappa shape index (κ3) is 5.64. The van der Waals surface area contributed by atoms with Crippen LogP contribution in [0.25, 0.3) is 11.1 Å². The molecule has 0 saturated carbocycles. The highest BCUT2D eigenvalue weighted by atomic mass is 16.5. The number of carboxylic acids is 1. The SMILES string of the molecule is COC(CNC(=O)c1cccc(NC(=O)OCC2c3ccccc3-c3ccccc32)n1)CC(=O)O. The van der Waals surface area contributed by atoms with E-state index < -0.39 is 24.1 Å². The second kappa shape index (κ2) is 10.8. The number of fused-ring (bicyclic) bond motifs is 3. The fourth-order valence-electron chi connectivity index (χ4n) is 4.10. The lowest BCUT2D eigenvalue weighted by Crippen LogP contribution is -2.35. The fraction of sp³-hybridized carbons (Fsp3) is 0.231. The number of carboxylic acid groups (broad SMARTS) is 1. The summed E-state index contributed by atoms with van der Waals surface area (Å²) >= 11 is 0. The van der Waals surface area contributed by atoms with Gasteiger partial charge in [0.1, 0.15) is 18.1 Å². The van der Waals surface area contributed by atoms with Crippen LogP contribution in [-0.4, -0.2) is 54.4 Å². The van der Waals surface area contributed by atoms with Crippen molar-refractivity contribution in [3.8, 4) is 11.1 Å². The molecule has 1 aliphatic carbocycles. The van der Waals surface area contributed by atoms with E-state index in [4.69, 9.17) is 14.6 Å². The topological polar surface area (TPSA) is 127 Å². The van der Waals surface area contributed by atoms with E-state index in [-0.39, 0.29) is 37.0 Å². The molecule has 0 spiro atoms.